The van der Waals surface area contributed by atoms with Crippen LogP contribution in [0.15, 0.2) is 11.7 Å². The third-order valence-electron chi connectivity index (χ3n) is 1.50. The van der Waals surface area contributed by atoms with Crippen molar-refractivity contribution in [2.24, 2.45) is 0 Å². The third kappa shape index (κ3) is 4.04. The molecule has 1 aromatic heterocycles. The van der Waals surface area contributed by atoms with Gasteiger partial charge in [-0.15, -0.1) is 22.9 Å². The lowest BCUT2D eigenvalue weighted by Gasteiger charge is -2.03. The zero-order valence-corrected chi connectivity index (χ0v) is 8.66. The highest BCUT2D eigenvalue weighted by molar-refractivity contribution is 7.09. The molecule has 1 heterocycles. The van der Waals surface area contributed by atoms with Gasteiger partial charge in [0.2, 0.25) is 0 Å². The fourth-order valence-corrected chi connectivity index (χ4v) is 1.52. The fraction of sp³-hybridized carbons (Fsp3) is 0.625. The minimum Gasteiger partial charge on any atom is -0.312 e. The van der Waals surface area contributed by atoms with Crippen LogP contribution in [0.4, 0.5) is 0 Å². The molecule has 0 fully saturated rings. The first-order valence-corrected chi connectivity index (χ1v) is 5.33. The molecule has 1 atom stereocenters. The Hall–Kier alpha value is -0.120. The Balaban J connectivity index is 2.04. The number of alkyl halides is 1. The molecule has 0 aliphatic heterocycles. The Morgan fingerprint density at radius 1 is 1.75 bits per heavy atom. The summed E-state index contributed by atoms with van der Waals surface area (Å²) in [5.74, 6) is 0. The molecular formula is C8H13ClN2S. The van der Waals surface area contributed by atoms with Crippen molar-refractivity contribution in [3.05, 3.63) is 16.6 Å². The summed E-state index contributed by atoms with van der Waals surface area (Å²) in [6.45, 7) is 3.90. The van der Waals surface area contributed by atoms with Gasteiger partial charge in [-0.05, 0) is 19.9 Å². The average molecular weight is 205 g/mol. The van der Waals surface area contributed by atoms with E-state index in [9.17, 15) is 0 Å². The zero-order chi connectivity index (χ0) is 8.81. The van der Waals surface area contributed by atoms with Crippen molar-refractivity contribution in [1.29, 1.82) is 0 Å². The van der Waals surface area contributed by atoms with Crippen LogP contribution in [0.1, 0.15) is 18.2 Å². The molecule has 1 rings (SSSR count). The fourth-order valence-electron chi connectivity index (χ4n) is 0.842. The summed E-state index contributed by atoms with van der Waals surface area (Å²) in [6, 6.07) is 0. The molecule has 2 nitrogen and oxygen atoms in total. The molecule has 0 radical (unpaired) electrons. The Labute approximate surface area is 82.0 Å². The molecule has 0 saturated carbocycles. The number of hydrogen-bond donors (Lipinski definition) is 1. The van der Waals surface area contributed by atoms with E-state index in [4.69, 9.17) is 11.6 Å². The van der Waals surface area contributed by atoms with Crippen LogP contribution in [-0.4, -0.2) is 16.9 Å². The van der Waals surface area contributed by atoms with Crippen LogP contribution >= 0.6 is 22.9 Å². The van der Waals surface area contributed by atoms with Gasteiger partial charge in [0, 0.05) is 23.0 Å². The smallest absolute Gasteiger partial charge is 0.0794 e. The lowest BCUT2D eigenvalue weighted by molar-refractivity contribution is 0.649. The van der Waals surface area contributed by atoms with Crippen molar-refractivity contribution in [3.63, 3.8) is 0 Å². The van der Waals surface area contributed by atoms with Gasteiger partial charge in [0.05, 0.1) is 5.51 Å². The van der Waals surface area contributed by atoms with Gasteiger partial charge < -0.3 is 5.32 Å². The first-order valence-electron chi connectivity index (χ1n) is 4.01. The maximum absolute atomic E-state index is 5.79. The van der Waals surface area contributed by atoms with Gasteiger partial charge >= 0.3 is 0 Å². The normalized spacial score (nSPS) is 13.2. The second kappa shape index (κ2) is 5.51. The molecule has 0 aliphatic rings. The molecule has 1 N–H and O–H groups in total. The molecule has 0 saturated heterocycles. The first kappa shape index (κ1) is 9.96. The van der Waals surface area contributed by atoms with Crippen LogP contribution in [0.25, 0.3) is 0 Å². The summed E-state index contributed by atoms with van der Waals surface area (Å²) in [4.78, 5) is 5.26. The van der Waals surface area contributed by atoms with E-state index in [0.29, 0.717) is 0 Å². The average Bonchev–Trinajstić information content (AvgIpc) is 2.49. The largest absolute Gasteiger partial charge is 0.312 e. The van der Waals surface area contributed by atoms with E-state index in [0.717, 1.165) is 19.5 Å². The number of halogens is 1. The van der Waals surface area contributed by atoms with Crippen LogP contribution in [0, 0.1) is 0 Å². The van der Waals surface area contributed by atoms with Gasteiger partial charge in [0.1, 0.15) is 0 Å². The maximum atomic E-state index is 5.79. The van der Waals surface area contributed by atoms with Crippen LogP contribution in [0.3, 0.4) is 0 Å². The lowest BCUT2D eigenvalue weighted by Crippen LogP contribution is -2.16. The van der Waals surface area contributed by atoms with Crippen molar-refractivity contribution in [3.8, 4) is 0 Å². The van der Waals surface area contributed by atoms with Gasteiger partial charge in [-0.1, -0.05) is 0 Å². The number of thiazole rings is 1. The number of nitrogens with one attached hydrogen (secondary N) is 1. The monoisotopic (exact) mass is 204 g/mol. The molecular weight excluding hydrogens is 192 g/mol. The molecule has 0 aliphatic carbocycles. The van der Waals surface area contributed by atoms with Crippen molar-refractivity contribution in [2.75, 3.05) is 6.54 Å². The van der Waals surface area contributed by atoms with Crippen molar-refractivity contribution in [1.82, 2.24) is 10.3 Å². The Morgan fingerprint density at radius 2 is 2.58 bits per heavy atom. The van der Waals surface area contributed by atoms with E-state index in [1.54, 1.807) is 11.3 Å². The minimum atomic E-state index is 0.263. The number of aromatic nitrogens is 1. The van der Waals surface area contributed by atoms with E-state index in [1.807, 2.05) is 18.6 Å². The second-order valence-electron chi connectivity index (χ2n) is 2.71. The number of hydrogen-bond acceptors (Lipinski definition) is 3. The van der Waals surface area contributed by atoms with E-state index in [1.165, 1.54) is 4.88 Å². The quantitative estimate of drug-likeness (QED) is 0.588. The molecule has 68 valence electrons. The molecule has 12 heavy (non-hydrogen) atoms. The third-order valence-corrected chi connectivity index (χ3v) is 2.50. The predicted molar refractivity (Wildman–Crippen MR) is 53.8 cm³/mol. The molecule has 0 bridgehead atoms. The topological polar surface area (TPSA) is 24.9 Å². The van der Waals surface area contributed by atoms with E-state index in [-0.39, 0.29) is 5.38 Å². The summed E-state index contributed by atoms with van der Waals surface area (Å²) in [7, 11) is 0. The maximum Gasteiger partial charge on any atom is 0.0794 e. The SMILES string of the molecule is CC(Cl)CCNCc1cncs1. The Morgan fingerprint density at radius 3 is 3.17 bits per heavy atom. The van der Waals surface area contributed by atoms with E-state index < -0.39 is 0 Å². The Bertz CT molecular complexity index is 199. The number of rotatable bonds is 5. The minimum absolute atomic E-state index is 0.263. The molecule has 0 amide bonds. The van der Waals surface area contributed by atoms with Crippen LogP contribution in [0.2, 0.25) is 0 Å². The zero-order valence-electron chi connectivity index (χ0n) is 7.09. The summed E-state index contributed by atoms with van der Waals surface area (Å²) in [6.07, 6.45) is 2.90. The lowest BCUT2D eigenvalue weighted by atomic mass is 10.3. The van der Waals surface area contributed by atoms with Crippen molar-refractivity contribution in [2.45, 2.75) is 25.3 Å². The van der Waals surface area contributed by atoms with Crippen LogP contribution < -0.4 is 5.32 Å². The van der Waals surface area contributed by atoms with E-state index >= 15 is 0 Å². The predicted octanol–water partition coefficient (Wildman–Crippen LogP) is 2.25. The highest BCUT2D eigenvalue weighted by atomic mass is 35.5. The van der Waals surface area contributed by atoms with Gasteiger partial charge in [-0.3, -0.25) is 4.98 Å². The summed E-state index contributed by atoms with van der Waals surface area (Å²) >= 11 is 7.46. The summed E-state index contributed by atoms with van der Waals surface area (Å²) < 4.78 is 0. The molecule has 0 aromatic carbocycles. The van der Waals surface area contributed by atoms with Crippen LogP contribution in [0.5, 0.6) is 0 Å². The van der Waals surface area contributed by atoms with Crippen LogP contribution in [-0.2, 0) is 6.54 Å². The highest BCUT2D eigenvalue weighted by Gasteiger charge is 1.96. The summed E-state index contributed by atoms with van der Waals surface area (Å²) in [5.41, 5.74) is 1.85. The molecule has 1 unspecified atom stereocenters. The van der Waals surface area contributed by atoms with Gasteiger partial charge in [0.25, 0.3) is 0 Å². The number of nitrogens with zero attached hydrogens (tertiary/aromatic N) is 1. The van der Waals surface area contributed by atoms with Gasteiger partial charge in [0.15, 0.2) is 0 Å². The Kier molecular flexibility index (Phi) is 4.58. The molecule has 0 spiro atoms. The van der Waals surface area contributed by atoms with E-state index in [2.05, 4.69) is 10.3 Å². The van der Waals surface area contributed by atoms with Crippen molar-refractivity contribution >= 4 is 22.9 Å². The van der Waals surface area contributed by atoms with Gasteiger partial charge in [-0.2, -0.15) is 0 Å². The van der Waals surface area contributed by atoms with Crippen molar-refractivity contribution < 1.29 is 0 Å². The first-order chi connectivity index (χ1) is 5.79. The highest BCUT2D eigenvalue weighted by Crippen LogP contribution is 2.04. The molecule has 4 heteroatoms. The molecule has 1 aromatic rings. The second-order valence-corrected chi connectivity index (χ2v) is 4.43. The standard InChI is InChI=1S/C8H13ClN2S/c1-7(9)2-3-10-4-8-5-11-6-12-8/h5-7,10H,2-4H2,1H3. The van der Waals surface area contributed by atoms with Gasteiger partial charge in [-0.25, -0.2) is 0 Å². The summed E-state index contributed by atoms with van der Waals surface area (Å²) in [5, 5.41) is 3.57.